The topological polar surface area (TPSA) is 16.1 Å². The van der Waals surface area contributed by atoms with Crippen LogP contribution in [-0.2, 0) is 6.54 Å². The molecule has 0 atom stereocenters. The molecule has 2 nitrogen and oxygen atoms in total. The van der Waals surface area contributed by atoms with Crippen molar-refractivity contribution in [2.24, 2.45) is 0 Å². The van der Waals surface area contributed by atoms with E-state index in [1.54, 1.807) is 0 Å². The number of hydrogen-bond donors (Lipinski definition) is 0. The molecule has 0 aliphatic rings. The molecule has 0 fully saturated rings. The van der Waals surface area contributed by atoms with Gasteiger partial charge in [0.05, 0.1) is 12.2 Å². The van der Waals surface area contributed by atoms with Crippen molar-refractivity contribution >= 4 is 21.6 Å². The Bertz CT molecular complexity index is 508. The first-order chi connectivity index (χ1) is 8.69. The Balaban J connectivity index is 2.17. The van der Waals surface area contributed by atoms with Crippen LogP contribution in [-0.4, -0.2) is 11.5 Å². The SMILES string of the molecule is CCN(Cc1ccc(Br)cn1)c1cccc(C)c1. The van der Waals surface area contributed by atoms with Crippen LogP contribution in [0.15, 0.2) is 47.1 Å². The van der Waals surface area contributed by atoms with Crippen LogP contribution in [0.4, 0.5) is 5.69 Å². The van der Waals surface area contributed by atoms with E-state index < -0.39 is 0 Å². The third-order valence-corrected chi connectivity index (χ3v) is 3.36. The first-order valence-electron chi connectivity index (χ1n) is 6.11. The molecule has 0 radical (unpaired) electrons. The maximum atomic E-state index is 4.43. The fourth-order valence-electron chi connectivity index (χ4n) is 1.91. The Kier molecular flexibility index (Phi) is 4.37. The smallest absolute Gasteiger partial charge is 0.0601 e. The molecular formula is C15H17BrN2. The van der Waals surface area contributed by atoms with E-state index in [0.717, 1.165) is 23.3 Å². The van der Waals surface area contributed by atoms with Crippen LogP contribution in [0.1, 0.15) is 18.2 Å². The molecule has 0 bridgehead atoms. The fraction of sp³-hybridized carbons (Fsp3) is 0.267. The lowest BCUT2D eigenvalue weighted by atomic mass is 10.2. The van der Waals surface area contributed by atoms with Gasteiger partial charge in [-0.1, -0.05) is 12.1 Å². The molecule has 1 aromatic heterocycles. The van der Waals surface area contributed by atoms with E-state index in [1.165, 1.54) is 11.3 Å². The predicted octanol–water partition coefficient (Wildman–Crippen LogP) is 4.18. The number of pyridine rings is 1. The monoisotopic (exact) mass is 304 g/mol. The number of aryl methyl sites for hydroxylation is 1. The summed E-state index contributed by atoms with van der Waals surface area (Å²) in [5.74, 6) is 0. The largest absolute Gasteiger partial charge is 0.366 e. The molecule has 94 valence electrons. The summed E-state index contributed by atoms with van der Waals surface area (Å²) in [5, 5.41) is 0. The molecule has 0 saturated heterocycles. The first-order valence-corrected chi connectivity index (χ1v) is 6.90. The number of aromatic nitrogens is 1. The van der Waals surface area contributed by atoms with Crippen LogP contribution in [0.25, 0.3) is 0 Å². The highest BCUT2D eigenvalue weighted by atomic mass is 79.9. The third-order valence-electron chi connectivity index (χ3n) is 2.89. The molecule has 0 aliphatic heterocycles. The minimum atomic E-state index is 0.841. The molecule has 3 heteroatoms. The summed E-state index contributed by atoms with van der Waals surface area (Å²) in [6.07, 6.45) is 1.85. The van der Waals surface area contributed by atoms with Gasteiger partial charge < -0.3 is 4.90 Å². The van der Waals surface area contributed by atoms with E-state index in [2.05, 4.69) is 70.0 Å². The van der Waals surface area contributed by atoms with Gasteiger partial charge in [-0.15, -0.1) is 0 Å². The highest BCUT2D eigenvalue weighted by molar-refractivity contribution is 9.10. The Hall–Kier alpha value is -1.35. The number of benzene rings is 1. The molecule has 18 heavy (non-hydrogen) atoms. The van der Waals surface area contributed by atoms with Crippen molar-refractivity contribution in [3.63, 3.8) is 0 Å². The number of rotatable bonds is 4. The molecule has 0 spiro atoms. The molecule has 0 N–H and O–H groups in total. The molecule has 2 rings (SSSR count). The van der Waals surface area contributed by atoms with Gasteiger partial charge in [0.15, 0.2) is 0 Å². The van der Waals surface area contributed by atoms with Crippen LogP contribution < -0.4 is 4.90 Å². The van der Waals surface area contributed by atoms with Crippen molar-refractivity contribution in [2.45, 2.75) is 20.4 Å². The zero-order valence-corrected chi connectivity index (χ0v) is 12.3. The summed E-state index contributed by atoms with van der Waals surface area (Å²) in [5.41, 5.74) is 3.62. The minimum Gasteiger partial charge on any atom is -0.366 e. The molecule has 0 saturated carbocycles. The summed E-state index contributed by atoms with van der Waals surface area (Å²) in [4.78, 5) is 6.75. The third kappa shape index (κ3) is 3.33. The zero-order valence-electron chi connectivity index (χ0n) is 10.7. The van der Waals surface area contributed by atoms with Crippen molar-refractivity contribution in [2.75, 3.05) is 11.4 Å². The molecule has 0 unspecified atom stereocenters. The number of hydrogen-bond acceptors (Lipinski definition) is 2. The summed E-state index contributed by atoms with van der Waals surface area (Å²) in [6.45, 7) is 6.10. The lowest BCUT2D eigenvalue weighted by molar-refractivity contribution is 0.808. The van der Waals surface area contributed by atoms with E-state index >= 15 is 0 Å². The van der Waals surface area contributed by atoms with Gasteiger partial charge in [-0.3, -0.25) is 4.98 Å². The molecule has 1 aromatic carbocycles. The van der Waals surface area contributed by atoms with E-state index in [0.29, 0.717) is 0 Å². The van der Waals surface area contributed by atoms with E-state index in [9.17, 15) is 0 Å². The van der Waals surface area contributed by atoms with Gasteiger partial charge in [-0.05, 0) is 59.6 Å². The lowest BCUT2D eigenvalue weighted by Gasteiger charge is -2.23. The van der Waals surface area contributed by atoms with Crippen molar-refractivity contribution in [1.29, 1.82) is 0 Å². The highest BCUT2D eigenvalue weighted by Crippen LogP contribution is 2.18. The Morgan fingerprint density at radius 2 is 2.06 bits per heavy atom. The minimum absolute atomic E-state index is 0.841. The second-order valence-electron chi connectivity index (χ2n) is 4.32. The molecule has 0 aliphatic carbocycles. The normalized spacial score (nSPS) is 10.4. The Labute approximate surface area is 117 Å². The summed E-state index contributed by atoms with van der Waals surface area (Å²) >= 11 is 3.41. The maximum absolute atomic E-state index is 4.43. The standard InChI is InChI=1S/C15H17BrN2/c1-3-18(15-6-4-5-12(2)9-15)11-14-8-7-13(16)10-17-14/h4-10H,3,11H2,1-2H3. The number of anilines is 1. The molecule has 0 amide bonds. The average molecular weight is 305 g/mol. The van der Waals surface area contributed by atoms with Crippen molar-refractivity contribution in [3.05, 3.63) is 58.3 Å². The first kappa shape index (κ1) is 13.1. The van der Waals surface area contributed by atoms with Gasteiger partial charge >= 0.3 is 0 Å². The highest BCUT2D eigenvalue weighted by Gasteiger charge is 2.06. The van der Waals surface area contributed by atoms with Gasteiger partial charge in [-0.25, -0.2) is 0 Å². The summed E-state index contributed by atoms with van der Waals surface area (Å²) in [7, 11) is 0. The van der Waals surface area contributed by atoms with Crippen molar-refractivity contribution < 1.29 is 0 Å². The van der Waals surface area contributed by atoms with Gasteiger partial charge in [0.25, 0.3) is 0 Å². The van der Waals surface area contributed by atoms with Crippen LogP contribution in [0.2, 0.25) is 0 Å². The van der Waals surface area contributed by atoms with Gasteiger partial charge in [0.2, 0.25) is 0 Å². The lowest BCUT2D eigenvalue weighted by Crippen LogP contribution is -2.22. The molecule has 2 aromatic rings. The summed E-state index contributed by atoms with van der Waals surface area (Å²) in [6, 6.07) is 12.7. The van der Waals surface area contributed by atoms with Gasteiger partial charge in [-0.2, -0.15) is 0 Å². The maximum Gasteiger partial charge on any atom is 0.0601 e. The van der Waals surface area contributed by atoms with Crippen molar-refractivity contribution in [1.82, 2.24) is 4.98 Å². The zero-order chi connectivity index (χ0) is 13.0. The fourth-order valence-corrected chi connectivity index (χ4v) is 2.14. The molecular weight excluding hydrogens is 288 g/mol. The van der Waals surface area contributed by atoms with E-state index in [-0.39, 0.29) is 0 Å². The van der Waals surface area contributed by atoms with Crippen LogP contribution in [0, 0.1) is 6.92 Å². The van der Waals surface area contributed by atoms with Crippen molar-refractivity contribution in [3.8, 4) is 0 Å². The summed E-state index contributed by atoms with van der Waals surface area (Å²) < 4.78 is 1.02. The van der Waals surface area contributed by atoms with Gasteiger partial charge in [0.1, 0.15) is 0 Å². The van der Waals surface area contributed by atoms with Crippen LogP contribution >= 0.6 is 15.9 Å². The Morgan fingerprint density at radius 3 is 2.67 bits per heavy atom. The van der Waals surface area contributed by atoms with E-state index in [4.69, 9.17) is 0 Å². The number of halogens is 1. The van der Waals surface area contributed by atoms with Gasteiger partial charge in [0, 0.05) is 22.9 Å². The van der Waals surface area contributed by atoms with Crippen LogP contribution in [0.3, 0.4) is 0 Å². The number of nitrogens with zero attached hydrogens (tertiary/aromatic N) is 2. The quantitative estimate of drug-likeness (QED) is 0.842. The van der Waals surface area contributed by atoms with Crippen LogP contribution in [0.5, 0.6) is 0 Å². The molecule has 1 heterocycles. The predicted molar refractivity (Wildman–Crippen MR) is 79.8 cm³/mol. The second kappa shape index (κ2) is 6.01. The second-order valence-corrected chi connectivity index (χ2v) is 5.24. The Morgan fingerprint density at radius 1 is 1.22 bits per heavy atom. The van der Waals surface area contributed by atoms with E-state index in [1.807, 2.05) is 12.3 Å². The average Bonchev–Trinajstić information content (AvgIpc) is 2.38.